The van der Waals surface area contributed by atoms with Gasteiger partial charge >= 0.3 is 12.1 Å². The Balaban J connectivity index is 1.44. The molecule has 5 rings (SSSR count). The third-order valence-corrected chi connectivity index (χ3v) is 10.3. The molecule has 0 spiro atoms. The number of hydrogen-bond acceptors (Lipinski definition) is 7. The van der Waals surface area contributed by atoms with Crippen LogP contribution in [-0.4, -0.2) is 76.7 Å². The summed E-state index contributed by atoms with van der Waals surface area (Å²) in [6.07, 6.45) is -4.84. The average molecular weight is 654 g/mol. The van der Waals surface area contributed by atoms with Crippen LogP contribution in [0.15, 0.2) is 18.2 Å². The van der Waals surface area contributed by atoms with Gasteiger partial charge in [0.05, 0.1) is 16.3 Å². The molecule has 1 aromatic carbocycles. The number of carbonyl (C=O) groups excluding carboxylic acids is 5. The van der Waals surface area contributed by atoms with E-state index in [0.29, 0.717) is 23.2 Å². The van der Waals surface area contributed by atoms with Gasteiger partial charge in [-0.3, -0.25) is 24.0 Å². The summed E-state index contributed by atoms with van der Waals surface area (Å²) in [5.41, 5.74) is -1.12. The largest absolute Gasteiger partial charge is 0.471 e. The van der Waals surface area contributed by atoms with Crippen molar-refractivity contribution in [3.63, 3.8) is 0 Å². The van der Waals surface area contributed by atoms with E-state index in [1.807, 2.05) is 19.2 Å². The van der Waals surface area contributed by atoms with Gasteiger partial charge in [0.25, 0.3) is 0 Å². The molecule has 244 valence electrons. The number of amides is 4. The zero-order chi connectivity index (χ0) is 33.2. The van der Waals surface area contributed by atoms with E-state index < -0.39 is 65.0 Å². The Morgan fingerprint density at radius 3 is 2.44 bits per heavy atom. The Labute approximate surface area is 260 Å². The van der Waals surface area contributed by atoms with Crippen LogP contribution >= 0.6 is 11.3 Å². The second-order valence-electron chi connectivity index (χ2n) is 13.7. The molecule has 0 unspecified atom stereocenters. The molecule has 2 aromatic rings. The predicted octanol–water partition coefficient (Wildman–Crippen LogP) is 3.21. The van der Waals surface area contributed by atoms with E-state index in [1.165, 1.54) is 43.9 Å². The van der Waals surface area contributed by atoms with Gasteiger partial charge in [-0.15, -0.1) is 11.3 Å². The van der Waals surface area contributed by atoms with Gasteiger partial charge in [0.2, 0.25) is 23.5 Å². The maximum Gasteiger partial charge on any atom is 0.471 e. The monoisotopic (exact) mass is 653 g/mol. The number of likely N-dealkylation sites (tertiary alicyclic amines) is 1. The zero-order valence-corrected chi connectivity index (χ0v) is 26.2. The molecule has 3 N–H and O–H groups in total. The molecular formula is C30H35F4N5O5S. The van der Waals surface area contributed by atoms with Crippen molar-refractivity contribution in [2.24, 2.45) is 28.6 Å². The normalized spacial score (nSPS) is 25.4. The number of halogens is 4. The van der Waals surface area contributed by atoms with Crippen LogP contribution in [0.25, 0.3) is 10.2 Å². The highest BCUT2D eigenvalue weighted by Crippen LogP contribution is 2.65. The summed E-state index contributed by atoms with van der Waals surface area (Å²) in [6, 6.07) is -0.0794. The summed E-state index contributed by atoms with van der Waals surface area (Å²) < 4.78 is 53.7. The molecule has 45 heavy (non-hydrogen) atoms. The van der Waals surface area contributed by atoms with Gasteiger partial charge in [-0.1, -0.05) is 34.6 Å². The maximum atomic E-state index is 14.1. The standard InChI is InChI=1S/C30H35F4N5O5S/c1-28(2,3)22(38-27(44)30(32,33)34)26(43)39-12-15-19(29(15,4)5)20(39)24(42)36-17(10-13-8-9-35-23(13)41)21(40)25-37-16-7-6-14(31)11-18(16)45-25/h6-7,11,13,15,17,19-20,22H,8-10,12H2,1-5H3,(H,35,41)(H,36,42)(H,38,44)/t13-,15-,17-,19-,20-,22+/m0/s1. The van der Waals surface area contributed by atoms with Gasteiger partial charge in [-0.2, -0.15) is 13.2 Å². The van der Waals surface area contributed by atoms with E-state index in [-0.39, 0.29) is 41.1 Å². The average Bonchev–Trinajstić information content (AvgIpc) is 3.44. The molecule has 1 saturated carbocycles. The second-order valence-corrected chi connectivity index (χ2v) is 14.8. The molecule has 3 heterocycles. The van der Waals surface area contributed by atoms with Crippen LogP contribution in [0, 0.1) is 34.4 Å². The van der Waals surface area contributed by atoms with Gasteiger partial charge in [0.1, 0.15) is 17.9 Å². The van der Waals surface area contributed by atoms with Gasteiger partial charge in [0.15, 0.2) is 5.01 Å². The van der Waals surface area contributed by atoms with Crippen LogP contribution in [0.1, 0.15) is 57.3 Å². The highest BCUT2D eigenvalue weighted by Gasteiger charge is 2.70. The number of ketones is 1. The Kier molecular flexibility index (Phi) is 8.24. The number of benzene rings is 1. The first-order valence-corrected chi connectivity index (χ1v) is 15.5. The molecule has 3 fully saturated rings. The molecule has 1 aliphatic carbocycles. The number of nitrogens with zero attached hydrogens (tertiary/aromatic N) is 2. The van der Waals surface area contributed by atoms with E-state index in [1.54, 1.807) is 0 Å². The molecule has 0 radical (unpaired) electrons. The number of alkyl halides is 3. The highest BCUT2D eigenvalue weighted by atomic mass is 32.1. The number of thiazole rings is 1. The van der Waals surface area contributed by atoms with Crippen molar-refractivity contribution < 1.29 is 41.5 Å². The Hall–Kier alpha value is -3.62. The summed E-state index contributed by atoms with van der Waals surface area (Å²) in [7, 11) is 0. The molecule has 0 bridgehead atoms. The molecule has 2 aliphatic heterocycles. The van der Waals surface area contributed by atoms with Crippen molar-refractivity contribution in [1.82, 2.24) is 25.8 Å². The zero-order valence-electron chi connectivity index (χ0n) is 25.4. The van der Waals surface area contributed by atoms with E-state index in [9.17, 15) is 41.5 Å². The fourth-order valence-corrected chi connectivity index (χ4v) is 7.62. The molecule has 4 amide bonds. The Bertz CT molecular complexity index is 1570. The minimum atomic E-state index is -5.22. The summed E-state index contributed by atoms with van der Waals surface area (Å²) in [4.78, 5) is 71.6. The molecule has 2 saturated heterocycles. The van der Waals surface area contributed by atoms with Gasteiger partial charge in [-0.25, -0.2) is 9.37 Å². The fraction of sp³-hybridized carbons (Fsp3) is 0.600. The predicted molar refractivity (Wildman–Crippen MR) is 155 cm³/mol. The van der Waals surface area contributed by atoms with Gasteiger partial charge < -0.3 is 20.9 Å². The Morgan fingerprint density at radius 1 is 1.16 bits per heavy atom. The lowest BCUT2D eigenvalue weighted by molar-refractivity contribution is -0.176. The summed E-state index contributed by atoms with van der Waals surface area (Å²) in [6.45, 7) is 8.84. The van der Waals surface area contributed by atoms with Gasteiger partial charge in [0, 0.05) is 19.0 Å². The second kappa shape index (κ2) is 11.3. The maximum absolute atomic E-state index is 14.1. The minimum Gasteiger partial charge on any atom is -0.356 e. The van der Waals surface area contributed by atoms with Crippen LogP contribution in [-0.2, 0) is 19.2 Å². The number of aromatic nitrogens is 1. The third-order valence-electron chi connectivity index (χ3n) is 9.28. The summed E-state index contributed by atoms with van der Waals surface area (Å²) in [5.74, 6) is -6.24. The SMILES string of the molecule is CC(C)(C)[C@H](NC(=O)C(F)(F)F)C(=O)N1C[C@H]2[C@@H]([C@H]1C(=O)N[C@@H](C[C@@H]1CCNC1=O)C(=O)c1nc3ccc(F)cc3s1)C2(C)C. The van der Waals surface area contributed by atoms with Crippen LogP contribution < -0.4 is 16.0 Å². The topological polar surface area (TPSA) is 138 Å². The van der Waals surface area contributed by atoms with Gasteiger partial charge in [-0.05, 0) is 53.7 Å². The van der Waals surface area contributed by atoms with E-state index in [4.69, 9.17) is 0 Å². The smallest absolute Gasteiger partial charge is 0.356 e. The van der Waals surface area contributed by atoms with Crippen molar-refractivity contribution >= 4 is 51.0 Å². The first-order valence-electron chi connectivity index (χ1n) is 14.7. The molecule has 15 heteroatoms. The van der Waals surface area contributed by atoms with Crippen LogP contribution in [0.5, 0.6) is 0 Å². The Morgan fingerprint density at radius 2 is 1.84 bits per heavy atom. The minimum absolute atomic E-state index is 0.00551. The van der Waals surface area contributed by atoms with Crippen molar-refractivity contribution in [3.05, 3.63) is 29.0 Å². The van der Waals surface area contributed by atoms with Crippen LogP contribution in [0.3, 0.4) is 0 Å². The molecular weight excluding hydrogens is 618 g/mol. The number of hydrogen-bond donors (Lipinski definition) is 3. The van der Waals surface area contributed by atoms with Crippen molar-refractivity contribution in [1.29, 1.82) is 0 Å². The number of piperidine rings is 1. The quantitative estimate of drug-likeness (QED) is 0.296. The summed E-state index contributed by atoms with van der Waals surface area (Å²) in [5, 5.41) is 7.27. The van der Waals surface area contributed by atoms with Crippen molar-refractivity contribution in [3.8, 4) is 0 Å². The lowest BCUT2D eigenvalue weighted by atomic mass is 9.85. The number of carbonyl (C=O) groups is 5. The lowest BCUT2D eigenvalue weighted by Gasteiger charge is -2.38. The van der Waals surface area contributed by atoms with Crippen LogP contribution in [0.2, 0.25) is 0 Å². The van der Waals surface area contributed by atoms with Crippen molar-refractivity contribution in [2.45, 2.75) is 71.8 Å². The number of Topliss-reactive ketones (excluding diaryl/α,β-unsaturated/α-hetero) is 1. The fourth-order valence-electron chi connectivity index (χ4n) is 6.64. The first-order chi connectivity index (χ1) is 20.8. The number of fused-ring (bicyclic) bond motifs is 2. The third kappa shape index (κ3) is 6.27. The molecule has 1 aromatic heterocycles. The van der Waals surface area contributed by atoms with E-state index >= 15 is 0 Å². The number of nitrogens with one attached hydrogen (secondary N) is 3. The first kappa shape index (κ1) is 32.8. The summed E-state index contributed by atoms with van der Waals surface area (Å²) >= 11 is 0.945. The lowest BCUT2D eigenvalue weighted by Crippen LogP contribution is -2.61. The molecule has 6 atom stereocenters. The van der Waals surface area contributed by atoms with Crippen LogP contribution in [0.4, 0.5) is 17.6 Å². The molecule has 10 nitrogen and oxygen atoms in total. The van der Waals surface area contributed by atoms with E-state index in [2.05, 4.69) is 15.6 Å². The number of rotatable bonds is 8. The van der Waals surface area contributed by atoms with E-state index in [0.717, 1.165) is 11.3 Å². The highest BCUT2D eigenvalue weighted by molar-refractivity contribution is 7.20. The van der Waals surface area contributed by atoms with Crippen molar-refractivity contribution in [2.75, 3.05) is 13.1 Å². The molecule has 3 aliphatic rings.